The molecular weight excluding hydrogens is 270 g/mol. The van der Waals surface area contributed by atoms with E-state index in [-0.39, 0.29) is 6.04 Å². The number of para-hydroxylation sites is 1. The number of hydrogen-bond acceptors (Lipinski definition) is 5. The number of rotatable bonds is 4. The van der Waals surface area contributed by atoms with Crippen LogP contribution < -0.4 is 11.3 Å². The first-order valence-corrected chi connectivity index (χ1v) is 7.36. The third kappa shape index (κ3) is 2.47. The molecule has 0 amide bonds. The van der Waals surface area contributed by atoms with Crippen molar-refractivity contribution < 1.29 is 4.42 Å². The van der Waals surface area contributed by atoms with Crippen molar-refractivity contribution in [3.05, 3.63) is 52.4 Å². The second kappa shape index (κ2) is 5.36. The van der Waals surface area contributed by atoms with Gasteiger partial charge in [-0.25, -0.2) is 4.98 Å². The number of fused-ring (bicyclic) bond motifs is 1. The summed E-state index contributed by atoms with van der Waals surface area (Å²) in [7, 11) is 0. The molecule has 0 saturated carbocycles. The van der Waals surface area contributed by atoms with Crippen LogP contribution in [0.1, 0.15) is 28.1 Å². The number of furan rings is 1. The Morgan fingerprint density at radius 3 is 2.80 bits per heavy atom. The van der Waals surface area contributed by atoms with Crippen molar-refractivity contribution in [1.29, 1.82) is 0 Å². The fourth-order valence-corrected chi connectivity index (χ4v) is 3.45. The van der Waals surface area contributed by atoms with Crippen molar-refractivity contribution in [2.75, 3.05) is 0 Å². The molecule has 0 aliphatic carbocycles. The second-order valence-corrected chi connectivity index (χ2v) is 5.98. The fraction of sp³-hybridized carbons (Fsp3) is 0.267. The van der Waals surface area contributed by atoms with Gasteiger partial charge < -0.3 is 4.42 Å². The number of aromatic nitrogens is 1. The van der Waals surface area contributed by atoms with E-state index in [0.717, 1.165) is 34.0 Å². The minimum absolute atomic E-state index is 0.0213. The van der Waals surface area contributed by atoms with Gasteiger partial charge in [0, 0.05) is 12.0 Å². The fourth-order valence-electron chi connectivity index (χ4n) is 2.44. The van der Waals surface area contributed by atoms with Gasteiger partial charge in [-0.3, -0.25) is 11.3 Å². The first-order valence-electron chi connectivity index (χ1n) is 6.55. The minimum Gasteiger partial charge on any atom is -0.466 e. The molecule has 0 fully saturated rings. The highest BCUT2D eigenvalue weighted by Gasteiger charge is 2.18. The maximum absolute atomic E-state index is 5.71. The zero-order chi connectivity index (χ0) is 14.1. The Balaban J connectivity index is 1.89. The molecule has 2 heterocycles. The van der Waals surface area contributed by atoms with Crippen molar-refractivity contribution in [2.45, 2.75) is 26.3 Å². The predicted octanol–water partition coefficient (Wildman–Crippen LogP) is 3.25. The highest BCUT2D eigenvalue weighted by Crippen LogP contribution is 2.28. The van der Waals surface area contributed by atoms with Crippen LogP contribution in [0.25, 0.3) is 10.2 Å². The molecule has 0 spiro atoms. The molecule has 0 aliphatic heterocycles. The van der Waals surface area contributed by atoms with E-state index in [4.69, 9.17) is 10.3 Å². The number of benzene rings is 1. The molecule has 104 valence electrons. The van der Waals surface area contributed by atoms with Gasteiger partial charge >= 0.3 is 0 Å². The normalized spacial score (nSPS) is 12.9. The summed E-state index contributed by atoms with van der Waals surface area (Å²) in [4.78, 5) is 4.65. The molecule has 4 nitrogen and oxygen atoms in total. The van der Waals surface area contributed by atoms with Crippen LogP contribution in [0.3, 0.4) is 0 Å². The third-order valence-corrected chi connectivity index (χ3v) is 4.43. The predicted molar refractivity (Wildman–Crippen MR) is 81.6 cm³/mol. The topological polar surface area (TPSA) is 64.1 Å². The van der Waals surface area contributed by atoms with E-state index in [1.165, 1.54) is 4.70 Å². The second-order valence-electron chi connectivity index (χ2n) is 4.87. The summed E-state index contributed by atoms with van der Waals surface area (Å²) < 4.78 is 6.79. The van der Waals surface area contributed by atoms with E-state index in [2.05, 4.69) is 16.5 Å². The van der Waals surface area contributed by atoms with Crippen molar-refractivity contribution >= 4 is 21.6 Å². The molecule has 1 aromatic carbocycles. The largest absolute Gasteiger partial charge is 0.466 e. The number of aryl methyl sites for hydroxylation is 2. The van der Waals surface area contributed by atoms with E-state index in [0.29, 0.717) is 0 Å². The molecule has 20 heavy (non-hydrogen) atoms. The molecule has 1 unspecified atom stereocenters. The average molecular weight is 287 g/mol. The number of nitrogens with one attached hydrogen (secondary N) is 1. The summed E-state index contributed by atoms with van der Waals surface area (Å²) in [6.07, 6.45) is 0.760. The van der Waals surface area contributed by atoms with Gasteiger partial charge in [-0.2, -0.15) is 0 Å². The maximum Gasteiger partial charge on any atom is 0.105 e. The van der Waals surface area contributed by atoms with E-state index >= 15 is 0 Å². The molecule has 2 aromatic heterocycles. The quantitative estimate of drug-likeness (QED) is 0.571. The molecule has 3 aromatic rings. The van der Waals surface area contributed by atoms with Crippen LogP contribution in [0.15, 0.2) is 34.7 Å². The van der Waals surface area contributed by atoms with E-state index in [9.17, 15) is 0 Å². The highest BCUT2D eigenvalue weighted by atomic mass is 32.1. The van der Waals surface area contributed by atoms with Gasteiger partial charge in [-0.05, 0) is 32.0 Å². The van der Waals surface area contributed by atoms with Crippen molar-refractivity contribution in [3.63, 3.8) is 0 Å². The van der Waals surface area contributed by atoms with Gasteiger partial charge in [0.2, 0.25) is 0 Å². The van der Waals surface area contributed by atoms with E-state index < -0.39 is 0 Å². The van der Waals surface area contributed by atoms with Crippen LogP contribution >= 0.6 is 11.3 Å². The highest BCUT2D eigenvalue weighted by molar-refractivity contribution is 7.18. The average Bonchev–Trinajstić information content (AvgIpc) is 2.98. The lowest BCUT2D eigenvalue weighted by Gasteiger charge is -2.13. The van der Waals surface area contributed by atoms with Crippen LogP contribution in [0.2, 0.25) is 0 Å². The summed E-state index contributed by atoms with van der Waals surface area (Å²) in [5.74, 6) is 7.52. The van der Waals surface area contributed by atoms with Gasteiger partial charge in [0.15, 0.2) is 0 Å². The van der Waals surface area contributed by atoms with Gasteiger partial charge in [0.25, 0.3) is 0 Å². The summed E-state index contributed by atoms with van der Waals surface area (Å²) in [5.41, 5.74) is 5.02. The van der Waals surface area contributed by atoms with E-state index in [1.54, 1.807) is 11.3 Å². The van der Waals surface area contributed by atoms with Crippen LogP contribution in [0.4, 0.5) is 0 Å². The molecule has 3 N–H and O–H groups in total. The summed E-state index contributed by atoms with van der Waals surface area (Å²) in [5, 5.41) is 1.08. The van der Waals surface area contributed by atoms with Crippen molar-refractivity contribution in [1.82, 2.24) is 10.4 Å². The monoisotopic (exact) mass is 287 g/mol. The third-order valence-electron chi connectivity index (χ3n) is 3.37. The Morgan fingerprint density at radius 1 is 1.35 bits per heavy atom. The number of hydrazine groups is 1. The summed E-state index contributed by atoms with van der Waals surface area (Å²) in [6.45, 7) is 3.91. The molecule has 0 aliphatic rings. The zero-order valence-electron chi connectivity index (χ0n) is 11.5. The SMILES string of the molecule is Cc1cc(C(Cc2nc3ccccc3s2)NN)c(C)o1. The Labute approximate surface area is 121 Å². The first-order chi connectivity index (χ1) is 9.67. The number of nitrogens with zero attached hydrogens (tertiary/aromatic N) is 1. The van der Waals surface area contributed by atoms with Gasteiger partial charge in [0.05, 0.1) is 21.3 Å². The minimum atomic E-state index is 0.0213. The first kappa shape index (κ1) is 13.3. The lowest BCUT2D eigenvalue weighted by molar-refractivity contribution is 0.484. The molecule has 0 bridgehead atoms. The molecule has 1 atom stereocenters. The molecule has 3 rings (SSSR count). The Kier molecular flexibility index (Phi) is 3.56. The van der Waals surface area contributed by atoms with Crippen molar-refractivity contribution in [2.24, 2.45) is 5.84 Å². The van der Waals surface area contributed by atoms with Crippen LogP contribution in [-0.4, -0.2) is 4.98 Å². The smallest absolute Gasteiger partial charge is 0.105 e. The number of thiazole rings is 1. The summed E-state index contributed by atoms with van der Waals surface area (Å²) in [6, 6.07) is 10.2. The Hall–Kier alpha value is -1.69. The standard InChI is InChI=1S/C15H17N3OS/c1-9-7-11(10(2)19-9)13(18-16)8-15-17-12-5-3-4-6-14(12)20-15/h3-7,13,18H,8,16H2,1-2H3. The Morgan fingerprint density at radius 2 is 2.15 bits per heavy atom. The van der Waals surface area contributed by atoms with Crippen LogP contribution in [-0.2, 0) is 6.42 Å². The molecule has 0 saturated heterocycles. The lowest BCUT2D eigenvalue weighted by Crippen LogP contribution is -2.29. The number of nitrogens with two attached hydrogens (primary N) is 1. The van der Waals surface area contributed by atoms with Gasteiger partial charge in [-0.15, -0.1) is 11.3 Å². The van der Waals surface area contributed by atoms with Crippen LogP contribution in [0.5, 0.6) is 0 Å². The van der Waals surface area contributed by atoms with E-state index in [1.807, 2.05) is 38.1 Å². The molecule has 0 radical (unpaired) electrons. The van der Waals surface area contributed by atoms with Crippen LogP contribution in [0, 0.1) is 13.8 Å². The zero-order valence-corrected chi connectivity index (χ0v) is 12.3. The maximum atomic E-state index is 5.71. The van der Waals surface area contributed by atoms with Crippen molar-refractivity contribution in [3.8, 4) is 0 Å². The lowest BCUT2D eigenvalue weighted by atomic mass is 10.1. The Bertz CT molecular complexity index is 699. The number of hydrogen-bond donors (Lipinski definition) is 2. The summed E-state index contributed by atoms with van der Waals surface area (Å²) >= 11 is 1.71. The van der Waals surface area contributed by atoms with Gasteiger partial charge in [-0.1, -0.05) is 12.1 Å². The molecule has 5 heteroatoms. The van der Waals surface area contributed by atoms with Gasteiger partial charge in [0.1, 0.15) is 11.5 Å². The molecular formula is C15H17N3OS.